The maximum absolute atomic E-state index is 10.3. The first-order valence-corrected chi connectivity index (χ1v) is 19.9. The number of rotatable bonds is 38. The summed E-state index contributed by atoms with van der Waals surface area (Å²) in [5, 5.41) is 10.3. The molecule has 0 bridgehead atoms. The maximum Gasteiger partial charge on any atom is 0.203 e. The zero-order chi connectivity index (χ0) is 30.4. The van der Waals surface area contributed by atoms with E-state index in [2.05, 4.69) is 6.92 Å². The van der Waals surface area contributed by atoms with Gasteiger partial charge in [0, 0.05) is 11.3 Å². The van der Waals surface area contributed by atoms with Gasteiger partial charge in [-0.1, -0.05) is 232 Å². The van der Waals surface area contributed by atoms with E-state index in [1.165, 1.54) is 225 Å². The smallest absolute Gasteiger partial charge is 0.203 e. The fourth-order valence-electron chi connectivity index (χ4n) is 6.50. The third-order valence-corrected chi connectivity index (χ3v) is 9.44. The highest BCUT2D eigenvalue weighted by Crippen LogP contribution is 2.17. The van der Waals surface area contributed by atoms with Crippen molar-refractivity contribution < 1.29 is 4.92 Å². The SMILES string of the molecule is CCCCCCCCCCCCCCCCCCCCCCCCCCCCCCCCCCCCCCC[N+](=O)[O-]. The van der Waals surface area contributed by atoms with Crippen molar-refractivity contribution >= 4 is 0 Å². The van der Waals surface area contributed by atoms with Crippen LogP contribution in [0.2, 0.25) is 0 Å². The van der Waals surface area contributed by atoms with E-state index < -0.39 is 0 Å². The Bertz CT molecular complexity index is 495. The summed E-state index contributed by atoms with van der Waals surface area (Å²) in [5.74, 6) is 0. The Morgan fingerprint density at radius 3 is 0.571 bits per heavy atom. The van der Waals surface area contributed by atoms with Crippen LogP contribution in [0.5, 0.6) is 0 Å². The van der Waals surface area contributed by atoms with Crippen molar-refractivity contribution in [2.24, 2.45) is 0 Å². The highest BCUT2D eigenvalue weighted by atomic mass is 16.6. The summed E-state index contributed by atoms with van der Waals surface area (Å²) in [7, 11) is 0. The zero-order valence-electron chi connectivity index (χ0n) is 29.1. The summed E-state index contributed by atoms with van der Waals surface area (Å²) in [6, 6.07) is 0. The lowest BCUT2D eigenvalue weighted by molar-refractivity contribution is -0.480. The molecule has 0 heterocycles. The minimum absolute atomic E-state index is 0.152. The Hall–Kier alpha value is -0.600. The van der Waals surface area contributed by atoms with Crippen LogP contribution < -0.4 is 0 Å². The summed E-state index contributed by atoms with van der Waals surface area (Å²) in [6.45, 7) is 2.46. The predicted molar refractivity (Wildman–Crippen MR) is 188 cm³/mol. The van der Waals surface area contributed by atoms with E-state index in [-0.39, 0.29) is 11.5 Å². The molecule has 3 nitrogen and oxygen atoms in total. The van der Waals surface area contributed by atoms with Crippen LogP contribution in [0.4, 0.5) is 0 Å². The van der Waals surface area contributed by atoms with Crippen molar-refractivity contribution in [2.45, 2.75) is 244 Å². The summed E-state index contributed by atoms with van der Waals surface area (Å²) < 4.78 is 0. The van der Waals surface area contributed by atoms with E-state index in [1.54, 1.807) is 0 Å². The predicted octanol–water partition coefficient (Wildman–Crippen LogP) is 14.7. The second-order valence-corrected chi connectivity index (χ2v) is 13.8. The minimum Gasteiger partial charge on any atom is -0.265 e. The largest absolute Gasteiger partial charge is 0.265 e. The van der Waals surface area contributed by atoms with Crippen molar-refractivity contribution in [2.75, 3.05) is 6.54 Å². The molecule has 0 spiro atoms. The molecule has 0 saturated heterocycles. The van der Waals surface area contributed by atoms with Gasteiger partial charge >= 0.3 is 0 Å². The van der Waals surface area contributed by atoms with Gasteiger partial charge in [0.15, 0.2) is 0 Å². The lowest BCUT2D eigenvalue weighted by atomic mass is 10.0. The van der Waals surface area contributed by atoms with Gasteiger partial charge in [0.25, 0.3) is 0 Å². The Labute approximate surface area is 265 Å². The van der Waals surface area contributed by atoms with Gasteiger partial charge in [-0.05, 0) is 6.42 Å². The number of unbranched alkanes of at least 4 members (excludes halogenated alkanes) is 36. The summed E-state index contributed by atoms with van der Waals surface area (Å²) in [6.07, 6.45) is 52.2. The molecule has 42 heavy (non-hydrogen) atoms. The van der Waals surface area contributed by atoms with Crippen LogP contribution >= 0.6 is 0 Å². The van der Waals surface area contributed by atoms with Crippen molar-refractivity contribution in [1.82, 2.24) is 0 Å². The second-order valence-electron chi connectivity index (χ2n) is 13.8. The zero-order valence-corrected chi connectivity index (χ0v) is 29.1. The third-order valence-electron chi connectivity index (χ3n) is 9.44. The maximum atomic E-state index is 10.3. The summed E-state index contributed by atoms with van der Waals surface area (Å²) in [5.41, 5.74) is 0. The highest BCUT2D eigenvalue weighted by Gasteiger charge is 1.99. The van der Waals surface area contributed by atoms with Gasteiger partial charge in [-0.3, -0.25) is 10.1 Å². The number of nitrogens with zero attached hydrogens (tertiary/aromatic N) is 1. The lowest BCUT2D eigenvalue weighted by Crippen LogP contribution is -1.99. The molecule has 0 N–H and O–H groups in total. The molecule has 0 aliphatic rings. The average Bonchev–Trinajstić information content (AvgIpc) is 2.98. The van der Waals surface area contributed by atoms with Crippen LogP contribution in [0.3, 0.4) is 0 Å². The van der Waals surface area contributed by atoms with Gasteiger partial charge in [0.1, 0.15) is 0 Å². The van der Waals surface area contributed by atoms with Crippen LogP contribution in [-0.2, 0) is 0 Å². The molecule has 0 fully saturated rings. The van der Waals surface area contributed by atoms with Gasteiger partial charge in [0.2, 0.25) is 6.54 Å². The van der Waals surface area contributed by atoms with Gasteiger partial charge < -0.3 is 0 Å². The van der Waals surface area contributed by atoms with E-state index in [0.717, 1.165) is 12.8 Å². The Morgan fingerprint density at radius 1 is 0.286 bits per heavy atom. The normalized spacial score (nSPS) is 11.5. The lowest BCUT2D eigenvalue weighted by Gasteiger charge is -2.05. The average molecular weight is 594 g/mol. The molecule has 0 aliphatic heterocycles. The molecule has 0 aromatic carbocycles. The quantitative estimate of drug-likeness (QED) is 0.0406. The molecule has 0 saturated carbocycles. The van der Waals surface area contributed by atoms with E-state index in [0.29, 0.717) is 0 Å². The van der Waals surface area contributed by atoms with Gasteiger partial charge in [-0.2, -0.15) is 0 Å². The standard InChI is InChI=1S/C39H79NO2/c1-2-3-4-5-6-7-8-9-10-11-12-13-14-15-16-17-18-19-20-21-22-23-24-25-26-27-28-29-30-31-32-33-34-35-36-37-38-39-40(41)42/h2-39H2,1H3. The Morgan fingerprint density at radius 2 is 0.429 bits per heavy atom. The van der Waals surface area contributed by atoms with Crippen molar-refractivity contribution in [3.8, 4) is 0 Å². The molecular formula is C39H79NO2. The molecule has 0 amide bonds. The van der Waals surface area contributed by atoms with Crippen LogP contribution in [-0.4, -0.2) is 11.5 Å². The first kappa shape index (κ1) is 41.4. The molecule has 0 aromatic heterocycles. The number of nitro groups is 1. The molecular weight excluding hydrogens is 514 g/mol. The molecule has 252 valence electrons. The molecule has 0 radical (unpaired) electrons. The number of hydrogen-bond donors (Lipinski definition) is 0. The summed E-state index contributed by atoms with van der Waals surface area (Å²) in [4.78, 5) is 10.1. The number of hydrogen-bond acceptors (Lipinski definition) is 2. The van der Waals surface area contributed by atoms with Crippen molar-refractivity contribution in [1.29, 1.82) is 0 Å². The van der Waals surface area contributed by atoms with E-state index in [1.807, 2.05) is 0 Å². The first-order valence-electron chi connectivity index (χ1n) is 19.9. The fourth-order valence-corrected chi connectivity index (χ4v) is 6.50. The Balaban J connectivity index is 3.03. The van der Waals surface area contributed by atoms with Gasteiger partial charge in [-0.15, -0.1) is 0 Å². The Kier molecular flexibility index (Phi) is 37.9. The minimum atomic E-state index is -0.190. The molecule has 0 aromatic rings. The van der Waals surface area contributed by atoms with Gasteiger partial charge in [-0.25, -0.2) is 0 Å². The summed E-state index contributed by atoms with van der Waals surface area (Å²) >= 11 is 0. The van der Waals surface area contributed by atoms with Crippen LogP contribution in [0.25, 0.3) is 0 Å². The molecule has 0 aliphatic carbocycles. The van der Waals surface area contributed by atoms with Gasteiger partial charge in [0.05, 0.1) is 0 Å². The van der Waals surface area contributed by atoms with Crippen LogP contribution in [0, 0.1) is 10.1 Å². The topological polar surface area (TPSA) is 43.1 Å². The molecule has 0 rings (SSSR count). The molecule has 0 atom stereocenters. The molecule has 3 heteroatoms. The van der Waals surface area contributed by atoms with Crippen molar-refractivity contribution in [3.63, 3.8) is 0 Å². The fraction of sp³-hybridized carbons (Fsp3) is 1.00. The van der Waals surface area contributed by atoms with E-state index >= 15 is 0 Å². The van der Waals surface area contributed by atoms with Crippen LogP contribution in [0.1, 0.15) is 244 Å². The third kappa shape index (κ3) is 39.4. The monoisotopic (exact) mass is 594 g/mol. The van der Waals surface area contributed by atoms with E-state index in [4.69, 9.17) is 0 Å². The second kappa shape index (κ2) is 38.4. The highest BCUT2D eigenvalue weighted by molar-refractivity contribution is 4.53. The van der Waals surface area contributed by atoms with Crippen LogP contribution in [0.15, 0.2) is 0 Å². The molecule has 0 unspecified atom stereocenters. The van der Waals surface area contributed by atoms with Crippen molar-refractivity contribution in [3.05, 3.63) is 10.1 Å². The first-order chi connectivity index (χ1) is 20.8. The van der Waals surface area contributed by atoms with E-state index in [9.17, 15) is 10.1 Å².